The summed E-state index contributed by atoms with van der Waals surface area (Å²) in [4.78, 5) is 47.3. The average molecular weight is 373 g/mol. The number of ketones is 1. The highest BCUT2D eigenvalue weighted by Gasteiger charge is 2.45. The third kappa shape index (κ3) is 3.17. The molecule has 2 heterocycles. The van der Waals surface area contributed by atoms with E-state index in [1.54, 1.807) is 19.1 Å². The van der Waals surface area contributed by atoms with E-state index in [2.05, 4.69) is 15.3 Å². The predicted molar refractivity (Wildman–Crippen MR) is 96.5 cm³/mol. The van der Waals surface area contributed by atoms with E-state index in [0.29, 0.717) is 28.5 Å². The van der Waals surface area contributed by atoms with Crippen LogP contribution in [0.2, 0.25) is 5.02 Å². The molecule has 7 nitrogen and oxygen atoms in total. The monoisotopic (exact) mass is 372 g/mol. The number of nitrogens with one attached hydrogen (secondary N) is 1. The Bertz CT molecular complexity index is 883. The number of benzene rings is 1. The summed E-state index contributed by atoms with van der Waals surface area (Å²) in [7, 11) is 0. The first kappa shape index (κ1) is 18.0. The lowest BCUT2D eigenvalue weighted by atomic mass is 9.94. The van der Waals surface area contributed by atoms with E-state index >= 15 is 0 Å². The van der Waals surface area contributed by atoms with Gasteiger partial charge in [0, 0.05) is 17.8 Å². The Morgan fingerprint density at radius 2 is 2.04 bits per heavy atom. The summed E-state index contributed by atoms with van der Waals surface area (Å²) in [6, 6.07) is 4.11. The number of urea groups is 1. The van der Waals surface area contributed by atoms with Crippen molar-refractivity contribution in [2.24, 2.45) is 0 Å². The zero-order valence-electron chi connectivity index (χ0n) is 14.3. The number of carbonyl (C=O) groups excluding carboxylic acids is 3. The zero-order valence-corrected chi connectivity index (χ0v) is 15.1. The van der Waals surface area contributed by atoms with Gasteiger partial charge in [0.05, 0.1) is 17.6 Å². The van der Waals surface area contributed by atoms with Crippen molar-refractivity contribution in [1.29, 1.82) is 0 Å². The molecule has 0 aliphatic carbocycles. The normalized spacial score (nSPS) is 15.7. The van der Waals surface area contributed by atoms with E-state index < -0.39 is 23.6 Å². The number of imide groups is 1. The van der Waals surface area contributed by atoms with Crippen LogP contribution in [0.3, 0.4) is 0 Å². The highest BCUT2D eigenvalue weighted by Crippen LogP contribution is 2.40. The van der Waals surface area contributed by atoms with Gasteiger partial charge >= 0.3 is 6.03 Å². The van der Waals surface area contributed by atoms with Crippen molar-refractivity contribution in [3.8, 4) is 0 Å². The fourth-order valence-corrected chi connectivity index (χ4v) is 2.94. The number of Topliss-reactive ketones (excluding diaryl/α,β-unsaturated/α-hetero) is 1. The Kier molecular flexibility index (Phi) is 4.99. The maximum Gasteiger partial charge on any atom is 0.328 e. The minimum Gasteiger partial charge on any atom is -0.337 e. The SMILES string of the molecule is CCCNC(=O)N1C(=O)C(C(=O)c2cnc(C)cn2)c2ccc(Cl)cc21. The van der Waals surface area contributed by atoms with Gasteiger partial charge in [-0.05, 0) is 31.0 Å². The van der Waals surface area contributed by atoms with E-state index in [9.17, 15) is 14.4 Å². The highest BCUT2D eigenvalue weighted by molar-refractivity contribution is 6.33. The summed E-state index contributed by atoms with van der Waals surface area (Å²) in [5.41, 5.74) is 1.48. The van der Waals surface area contributed by atoms with Crippen LogP contribution in [0.5, 0.6) is 0 Å². The molecule has 8 heteroatoms. The van der Waals surface area contributed by atoms with Gasteiger partial charge in [-0.25, -0.2) is 14.7 Å². The number of hydrogen-bond donors (Lipinski definition) is 1. The lowest BCUT2D eigenvalue weighted by molar-refractivity contribution is -0.117. The van der Waals surface area contributed by atoms with Gasteiger partial charge in [-0.3, -0.25) is 14.6 Å². The van der Waals surface area contributed by atoms with Gasteiger partial charge in [-0.1, -0.05) is 24.6 Å². The van der Waals surface area contributed by atoms with Crippen molar-refractivity contribution in [2.45, 2.75) is 26.2 Å². The Labute approximate surface area is 155 Å². The molecule has 26 heavy (non-hydrogen) atoms. The third-order valence-corrected chi connectivity index (χ3v) is 4.27. The first-order valence-corrected chi connectivity index (χ1v) is 8.56. The zero-order chi connectivity index (χ0) is 18.8. The van der Waals surface area contributed by atoms with Crippen LogP contribution in [-0.2, 0) is 4.79 Å². The van der Waals surface area contributed by atoms with Crippen molar-refractivity contribution >= 4 is 35.0 Å². The molecule has 0 fully saturated rings. The van der Waals surface area contributed by atoms with E-state index in [-0.39, 0.29) is 5.69 Å². The first-order chi connectivity index (χ1) is 12.4. The van der Waals surface area contributed by atoms with Crippen molar-refractivity contribution in [1.82, 2.24) is 15.3 Å². The smallest absolute Gasteiger partial charge is 0.328 e. The van der Waals surface area contributed by atoms with Crippen molar-refractivity contribution < 1.29 is 14.4 Å². The molecule has 1 aromatic carbocycles. The molecular formula is C18H17ClN4O3. The van der Waals surface area contributed by atoms with Crippen molar-refractivity contribution in [3.05, 3.63) is 52.6 Å². The Balaban J connectivity index is 2.02. The summed E-state index contributed by atoms with van der Waals surface area (Å²) in [6.07, 6.45) is 3.51. The van der Waals surface area contributed by atoms with E-state index in [1.807, 2.05) is 6.92 Å². The fourth-order valence-electron chi connectivity index (χ4n) is 2.78. The molecule has 1 atom stereocenters. The second kappa shape index (κ2) is 7.21. The molecule has 1 aromatic heterocycles. The summed E-state index contributed by atoms with van der Waals surface area (Å²) in [5.74, 6) is -2.27. The number of fused-ring (bicyclic) bond motifs is 1. The van der Waals surface area contributed by atoms with Crippen LogP contribution in [0.4, 0.5) is 10.5 Å². The lowest BCUT2D eigenvalue weighted by Crippen LogP contribution is -2.43. The number of halogens is 1. The topological polar surface area (TPSA) is 92.3 Å². The van der Waals surface area contributed by atoms with Crippen LogP contribution < -0.4 is 10.2 Å². The number of rotatable bonds is 4. The van der Waals surface area contributed by atoms with Gasteiger partial charge in [-0.2, -0.15) is 0 Å². The number of aromatic nitrogens is 2. The summed E-state index contributed by atoms with van der Waals surface area (Å²) < 4.78 is 0. The van der Waals surface area contributed by atoms with Crippen LogP contribution in [0.15, 0.2) is 30.6 Å². The number of hydrogen-bond acceptors (Lipinski definition) is 5. The Morgan fingerprint density at radius 3 is 2.69 bits per heavy atom. The number of carbonyl (C=O) groups is 3. The molecule has 0 radical (unpaired) electrons. The predicted octanol–water partition coefficient (Wildman–Crippen LogP) is 2.87. The molecule has 1 unspecified atom stereocenters. The molecule has 134 valence electrons. The van der Waals surface area contributed by atoms with Crippen LogP contribution in [-0.4, -0.2) is 34.2 Å². The van der Waals surface area contributed by atoms with Gasteiger partial charge in [0.15, 0.2) is 5.78 Å². The average Bonchev–Trinajstić information content (AvgIpc) is 2.90. The second-order valence-electron chi connectivity index (χ2n) is 5.95. The van der Waals surface area contributed by atoms with Gasteiger partial charge in [0.2, 0.25) is 0 Å². The molecule has 0 saturated heterocycles. The number of anilines is 1. The molecule has 0 saturated carbocycles. The molecule has 1 aliphatic rings. The van der Waals surface area contributed by atoms with E-state index in [1.165, 1.54) is 18.5 Å². The fraction of sp³-hybridized carbons (Fsp3) is 0.278. The molecule has 2 aromatic rings. The van der Waals surface area contributed by atoms with Crippen LogP contribution in [0.25, 0.3) is 0 Å². The molecule has 3 amide bonds. The maximum atomic E-state index is 12.9. The standard InChI is InChI=1S/C18H17ClN4O3/c1-3-6-20-18(26)23-14-7-11(19)4-5-12(14)15(17(23)25)16(24)13-9-21-10(2)8-22-13/h4-5,7-9,15H,3,6H2,1-2H3,(H,20,26). The number of amides is 3. The van der Waals surface area contributed by atoms with Gasteiger partial charge in [0.25, 0.3) is 5.91 Å². The number of nitrogens with zero attached hydrogens (tertiary/aromatic N) is 3. The second-order valence-corrected chi connectivity index (χ2v) is 6.39. The minimum atomic E-state index is -1.15. The first-order valence-electron chi connectivity index (χ1n) is 8.18. The third-order valence-electron chi connectivity index (χ3n) is 4.04. The van der Waals surface area contributed by atoms with Crippen LogP contribution in [0, 0.1) is 6.92 Å². The van der Waals surface area contributed by atoms with Gasteiger partial charge in [-0.15, -0.1) is 0 Å². The largest absolute Gasteiger partial charge is 0.337 e. The molecule has 0 bridgehead atoms. The highest BCUT2D eigenvalue weighted by atomic mass is 35.5. The lowest BCUT2D eigenvalue weighted by Gasteiger charge is -2.16. The van der Waals surface area contributed by atoms with Crippen molar-refractivity contribution in [2.75, 3.05) is 11.4 Å². The molecular weight excluding hydrogens is 356 g/mol. The Hall–Kier alpha value is -2.80. The van der Waals surface area contributed by atoms with Crippen LogP contribution in [0.1, 0.15) is 41.0 Å². The quantitative estimate of drug-likeness (QED) is 0.658. The Morgan fingerprint density at radius 1 is 1.27 bits per heavy atom. The van der Waals surface area contributed by atoms with Gasteiger partial charge in [0.1, 0.15) is 11.6 Å². The van der Waals surface area contributed by atoms with E-state index in [0.717, 1.165) is 11.3 Å². The summed E-state index contributed by atoms with van der Waals surface area (Å²) in [5, 5.41) is 3.02. The van der Waals surface area contributed by atoms with Gasteiger partial charge < -0.3 is 5.32 Å². The molecule has 1 aliphatic heterocycles. The summed E-state index contributed by atoms with van der Waals surface area (Å²) in [6.45, 7) is 4.07. The van der Waals surface area contributed by atoms with Crippen LogP contribution >= 0.6 is 11.6 Å². The van der Waals surface area contributed by atoms with E-state index in [4.69, 9.17) is 11.6 Å². The minimum absolute atomic E-state index is 0.0747. The van der Waals surface area contributed by atoms with Crippen molar-refractivity contribution in [3.63, 3.8) is 0 Å². The number of aryl methyl sites for hydroxylation is 1. The molecule has 0 spiro atoms. The molecule has 3 rings (SSSR count). The molecule has 1 N–H and O–H groups in total. The maximum absolute atomic E-state index is 12.9. The summed E-state index contributed by atoms with van der Waals surface area (Å²) >= 11 is 6.03.